The average molecular weight is 531 g/mol. The van der Waals surface area contributed by atoms with E-state index in [1.54, 1.807) is 18.9 Å². The van der Waals surface area contributed by atoms with E-state index in [-0.39, 0.29) is 24.3 Å². The standard InChI is InChI=1S/C28H26N4O3S2/c1-35-21-13-11-18(12-14-21)23-16-24(19-7-4-3-5-8-19)32(31-23)28-30-27(34)25(37-28)17-26(33)29-20-9-6-10-22(15-20)36-2/h3-15,24-25H,16-17H2,1-2H3,(H,29,33)/t24-,25+/m0/s1. The lowest BCUT2D eigenvalue weighted by Crippen LogP contribution is -2.25. The topological polar surface area (TPSA) is 83.4 Å². The molecule has 3 aromatic carbocycles. The van der Waals surface area contributed by atoms with Gasteiger partial charge in [-0.2, -0.15) is 10.1 Å². The second kappa shape index (κ2) is 11.2. The summed E-state index contributed by atoms with van der Waals surface area (Å²) in [4.78, 5) is 30.9. The van der Waals surface area contributed by atoms with Gasteiger partial charge < -0.3 is 10.1 Å². The molecule has 188 valence electrons. The summed E-state index contributed by atoms with van der Waals surface area (Å²) in [5.74, 6) is 0.248. The van der Waals surface area contributed by atoms with Gasteiger partial charge in [0.05, 0.1) is 18.9 Å². The van der Waals surface area contributed by atoms with Crippen molar-refractivity contribution in [2.45, 2.75) is 29.0 Å². The molecule has 0 fully saturated rings. The largest absolute Gasteiger partial charge is 0.497 e. The molecule has 0 bridgehead atoms. The third kappa shape index (κ3) is 5.73. The van der Waals surface area contributed by atoms with Crippen LogP contribution in [0.2, 0.25) is 0 Å². The van der Waals surface area contributed by atoms with Crippen LogP contribution in [-0.4, -0.2) is 46.3 Å². The number of anilines is 1. The van der Waals surface area contributed by atoms with Crippen molar-refractivity contribution in [3.05, 3.63) is 90.0 Å². The van der Waals surface area contributed by atoms with E-state index < -0.39 is 5.25 Å². The molecular formula is C28H26N4O3S2. The van der Waals surface area contributed by atoms with Gasteiger partial charge in [-0.15, -0.1) is 11.8 Å². The van der Waals surface area contributed by atoms with Crippen molar-refractivity contribution in [3.8, 4) is 5.75 Å². The van der Waals surface area contributed by atoms with Crippen LogP contribution < -0.4 is 10.1 Å². The molecular weight excluding hydrogens is 504 g/mol. The number of amides is 2. The number of nitrogens with one attached hydrogen (secondary N) is 1. The second-order valence-electron chi connectivity index (χ2n) is 8.57. The number of methoxy groups -OCH3 is 1. The minimum atomic E-state index is -0.588. The van der Waals surface area contributed by atoms with Gasteiger partial charge in [-0.25, -0.2) is 5.01 Å². The van der Waals surface area contributed by atoms with E-state index in [0.29, 0.717) is 17.3 Å². The molecule has 0 aromatic heterocycles. The lowest BCUT2D eigenvalue weighted by Gasteiger charge is -2.23. The van der Waals surface area contributed by atoms with Crippen molar-refractivity contribution in [1.29, 1.82) is 0 Å². The first-order valence-electron chi connectivity index (χ1n) is 11.8. The summed E-state index contributed by atoms with van der Waals surface area (Å²) >= 11 is 2.90. The number of nitrogens with zero attached hydrogens (tertiary/aromatic N) is 3. The van der Waals surface area contributed by atoms with Gasteiger partial charge in [-0.05, 0) is 59.8 Å². The first-order valence-corrected chi connectivity index (χ1v) is 13.9. The summed E-state index contributed by atoms with van der Waals surface area (Å²) in [5, 5.41) is 9.55. The maximum Gasteiger partial charge on any atom is 0.262 e. The van der Waals surface area contributed by atoms with E-state index in [1.165, 1.54) is 11.8 Å². The highest BCUT2D eigenvalue weighted by atomic mass is 32.2. The van der Waals surface area contributed by atoms with Crippen LogP contribution in [0.15, 0.2) is 93.9 Å². The van der Waals surface area contributed by atoms with Gasteiger partial charge in [0.25, 0.3) is 5.91 Å². The number of ether oxygens (including phenoxy) is 1. The van der Waals surface area contributed by atoms with Crippen LogP contribution >= 0.6 is 23.5 Å². The highest BCUT2D eigenvalue weighted by Crippen LogP contribution is 2.38. The Morgan fingerprint density at radius 2 is 1.89 bits per heavy atom. The molecule has 2 aliphatic heterocycles. The summed E-state index contributed by atoms with van der Waals surface area (Å²) in [6.45, 7) is 0. The fraction of sp³-hybridized carbons (Fsp3) is 0.214. The number of carbonyl (C=O) groups excluding carboxylic acids is 2. The van der Waals surface area contributed by atoms with Crippen LogP contribution in [0, 0.1) is 0 Å². The van der Waals surface area contributed by atoms with Crippen LogP contribution in [0.3, 0.4) is 0 Å². The Hall–Kier alpha value is -3.56. The van der Waals surface area contributed by atoms with Crippen molar-refractivity contribution in [2.24, 2.45) is 10.1 Å². The van der Waals surface area contributed by atoms with Crippen molar-refractivity contribution in [3.63, 3.8) is 0 Å². The predicted molar refractivity (Wildman–Crippen MR) is 150 cm³/mol. The zero-order valence-electron chi connectivity index (χ0n) is 20.5. The molecule has 2 amide bonds. The van der Waals surface area contributed by atoms with Crippen molar-refractivity contribution in [2.75, 3.05) is 18.7 Å². The zero-order chi connectivity index (χ0) is 25.8. The number of hydrogen-bond donors (Lipinski definition) is 1. The number of amidine groups is 1. The molecule has 2 aliphatic rings. The number of carbonyl (C=O) groups is 2. The SMILES string of the molecule is COc1ccc(C2=NN(C3=NC(=O)[C@@H](CC(=O)Nc4cccc(SC)c4)S3)[C@H](c3ccccc3)C2)cc1. The van der Waals surface area contributed by atoms with E-state index in [1.807, 2.05) is 78.0 Å². The van der Waals surface area contributed by atoms with Crippen LogP contribution in [0.4, 0.5) is 5.69 Å². The minimum absolute atomic E-state index is 0.0406. The summed E-state index contributed by atoms with van der Waals surface area (Å²) in [6, 6.07) is 25.4. The van der Waals surface area contributed by atoms with Crippen molar-refractivity contribution >= 4 is 51.9 Å². The maximum atomic E-state index is 12.8. The summed E-state index contributed by atoms with van der Waals surface area (Å²) < 4.78 is 5.28. The third-order valence-electron chi connectivity index (χ3n) is 6.17. The Morgan fingerprint density at radius 1 is 1.11 bits per heavy atom. The van der Waals surface area contributed by atoms with Gasteiger partial charge in [-0.3, -0.25) is 9.59 Å². The monoisotopic (exact) mass is 530 g/mol. The number of rotatable bonds is 7. The van der Waals surface area contributed by atoms with Crippen LogP contribution in [0.5, 0.6) is 5.75 Å². The van der Waals surface area contributed by atoms with E-state index in [4.69, 9.17) is 9.84 Å². The van der Waals surface area contributed by atoms with Gasteiger partial charge in [0.15, 0.2) is 5.17 Å². The summed E-state index contributed by atoms with van der Waals surface area (Å²) in [7, 11) is 1.64. The Balaban J connectivity index is 1.33. The summed E-state index contributed by atoms with van der Waals surface area (Å²) in [5.41, 5.74) is 3.69. The van der Waals surface area contributed by atoms with Crippen LogP contribution in [0.25, 0.3) is 0 Å². The third-order valence-corrected chi connectivity index (χ3v) is 8.03. The number of thioether (sulfide) groups is 2. The lowest BCUT2D eigenvalue weighted by atomic mass is 9.98. The van der Waals surface area contributed by atoms with Gasteiger partial charge in [0.1, 0.15) is 11.0 Å². The predicted octanol–water partition coefficient (Wildman–Crippen LogP) is 5.60. The molecule has 0 saturated heterocycles. The van der Waals surface area contributed by atoms with Gasteiger partial charge >= 0.3 is 0 Å². The van der Waals surface area contributed by atoms with E-state index in [0.717, 1.165) is 27.5 Å². The Bertz CT molecular complexity index is 1360. The smallest absolute Gasteiger partial charge is 0.262 e. The molecule has 0 radical (unpaired) electrons. The highest BCUT2D eigenvalue weighted by molar-refractivity contribution is 8.15. The lowest BCUT2D eigenvalue weighted by molar-refractivity contribution is -0.121. The van der Waals surface area contributed by atoms with Gasteiger partial charge in [0.2, 0.25) is 5.91 Å². The minimum Gasteiger partial charge on any atom is -0.497 e. The van der Waals surface area contributed by atoms with Crippen molar-refractivity contribution in [1.82, 2.24) is 5.01 Å². The molecule has 37 heavy (non-hydrogen) atoms. The van der Waals surface area contributed by atoms with Crippen LogP contribution in [-0.2, 0) is 9.59 Å². The fourth-order valence-electron chi connectivity index (χ4n) is 4.27. The van der Waals surface area contributed by atoms with Gasteiger partial charge in [-0.1, -0.05) is 48.2 Å². The van der Waals surface area contributed by atoms with E-state index in [9.17, 15) is 9.59 Å². The molecule has 0 saturated carbocycles. The Morgan fingerprint density at radius 3 is 2.62 bits per heavy atom. The highest BCUT2D eigenvalue weighted by Gasteiger charge is 2.39. The zero-order valence-corrected chi connectivity index (χ0v) is 22.1. The van der Waals surface area contributed by atoms with E-state index >= 15 is 0 Å². The van der Waals surface area contributed by atoms with Gasteiger partial charge in [0, 0.05) is 23.4 Å². The molecule has 0 aliphatic carbocycles. The Labute approximate surface area is 224 Å². The molecule has 5 rings (SSSR count). The molecule has 2 atom stereocenters. The molecule has 2 heterocycles. The molecule has 9 heteroatoms. The van der Waals surface area contributed by atoms with Crippen molar-refractivity contribution < 1.29 is 14.3 Å². The first-order chi connectivity index (χ1) is 18.0. The molecule has 1 N–H and O–H groups in total. The molecule has 7 nitrogen and oxygen atoms in total. The molecule has 0 unspecified atom stereocenters. The fourth-order valence-corrected chi connectivity index (χ4v) is 5.79. The van der Waals surface area contributed by atoms with E-state index in [2.05, 4.69) is 22.4 Å². The maximum absolute atomic E-state index is 12.8. The Kier molecular flexibility index (Phi) is 7.62. The number of hydrazone groups is 1. The molecule has 3 aromatic rings. The number of aliphatic imine (C=N–C) groups is 1. The quantitative estimate of drug-likeness (QED) is 0.401. The first kappa shape index (κ1) is 25.1. The average Bonchev–Trinajstić information content (AvgIpc) is 3.53. The number of hydrogen-bond acceptors (Lipinski definition) is 7. The van der Waals surface area contributed by atoms with Crippen LogP contribution in [0.1, 0.15) is 30.0 Å². The normalized spacial score (nSPS) is 19.0. The number of benzene rings is 3. The second-order valence-corrected chi connectivity index (χ2v) is 10.6. The molecule has 0 spiro atoms. The summed E-state index contributed by atoms with van der Waals surface area (Å²) in [6.07, 6.45) is 2.69.